The molecule has 44 heavy (non-hydrogen) atoms. The van der Waals surface area contributed by atoms with E-state index < -0.39 is 38.0 Å². The monoisotopic (exact) mass is 681 g/mol. The fourth-order valence-electron chi connectivity index (χ4n) is 4.58. The molecule has 1 fully saturated rings. The second kappa shape index (κ2) is 13.2. The van der Waals surface area contributed by atoms with Gasteiger partial charge in [0.05, 0.1) is 41.9 Å². The Labute approximate surface area is 266 Å². The molecule has 16 heteroatoms. The lowest BCUT2D eigenvalue weighted by atomic mass is 10.2. The van der Waals surface area contributed by atoms with Crippen molar-refractivity contribution in [1.29, 1.82) is 0 Å². The van der Waals surface area contributed by atoms with Crippen molar-refractivity contribution in [3.8, 4) is 0 Å². The van der Waals surface area contributed by atoms with Gasteiger partial charge >= 0.3 is 15.6 Å². The molecule has 3 rings (SSSR count). The van der Waals surface area contributed by atoms with Crippen molar-refractivity contribution >= 4 is 44.2 Å². The number of hydrogen-bond donors (Lipinski definition) is 1. The molecule has 13 nitrogen and oxygen atoms in total. The molecule has 0 saturated heterocycles. The zero-order valence-corrected chi connectivity index (χ0v) is 30.8. The SMILES string of the molecule is CNc1nc(Cl)nc2c1ncn2CC1[C@H](COP(=O)(OC(C)(C)C)OC(C)(C)C)[C@H]1COP(=O)(OC(C)(C)C)OC(C)(C)C. The summed E-state index contributed by atoms with van der Waals surface area (Å²) in [5.74, 6) is 0.0848. The molecular formula is C28H50ClN5O8P2. The van der Waals surface area contributed by atoms with E-state index >= 15 is 0 Å². The van der Waals surface area contributed by atoms with Crippen LogP contribution < -0.4 is 5.32 Å². The predicted octanol–water partition coefficient (Wildman–Crippen LogP) is 7.89. The zero-order valence-electron chi connectivity index (χ0n) is 28.3. The molecule has 0 aliphatic heterocycles. The molecule has 1 saturated carbocycles. The Bertz CT molecular complexity index is 1290. The van der Waals surface area contributed by atoms with Crippen molar-refractivity contribution in [2.75, 3.05) is 25.6 Å². The summed E-state index contributed by atoms with van der Waals surface area (Å²) < 4.78 is 64.6. The van der Waals surface area contributed by atoms with Crippen LogP contribution in [0.3, 0.4) is 0 Å². The lowest BCUT2D eigenvalue weighted by Gasteiger charge is -2.31. The maximum absolute atomic E-state index is 13.8. The predicted molar refractivity (Wildman–Crippen MR) is 171 cm³/mol. The molecule has 1 aliphatic carbocycles. The first kappa shape index (κ1) is 37.3. The standard InChI is InChI=1S/C28H50ClN5O8P2/c1-25(2,3)39-43(35,40-26(4,5)6)37-15-19-18(14-34-17-31-21-22(30-13)32-24(29)33-23(21)34)20(19)16-38-44(36,41-27(7,8)9)42-28(10,11)12/h17-20H,14-16H2,1-13H3,(H,30,32,33)/t19-,20-/m0/s1. The number of phosphoric acid groups is 2. The van der Waals surface area contributed by atoms with Crippen molar-refractivity contribution in [3.05, 3.63) is 11.6 Å². The maximum atomic E-state index is 13.8. The number of aromatic nitrogens is 4. The van der Waals surface area contributed by atoms with Gasteiger partial charge in [-0.2, -0.15) is 9.97 Å². The Balaban J connectivity index is 1.89. The normalized spacial score (nSPS) is 20.4. The number of nitrogens with one attached hydrogen (secondary N) is 1. The molecule has 0 spiro atoms. The molecule has 252 valence electrons. The fourth-order valence-corrected chi connectivity index (χ4v) is 8.42. The van der Waals surface area contributed by atoms with Gasteiger partial charge in [0.25, 0.3) is 0 Å². The minimum atomic E-state index is -3.97. The molecule has 2 aromatic rings. The van der Waals surface area contributed by atoms with Crippen LogP contribution in [0, 0.1) is 17.8 Å². The average molecular weight is 682 g/mol. The highest BCUT2D eigenvalue weighted by Gasteiger charge is 2.53. The summed E-state index contributed by atoms with van der Waals surface area (Å²) in [6.07, 6.45) is 1.66. The summed E-state index contributed by atoms with van der Waals surface area (Å²) in [6.45, 7) is 21.9. The van der Waals surface area contributed by atoms with Gasteiger partial charge in [-0.3, -0.25) is 27.1 Å². The quantitative estimate of drug-likeness (QED) is 0.162. The lowest BCUT2D eigenvalue weighted by Crippen LogP contribution is -2.25. The minimum Gasteiger partial charge on any atom is -0.371 e. The van der Waals surface area contributed by atoms with Gasteiger partial charge in [-0.1, -0.05) is 0 Å². The van der Waals surface area contributed by atoms with E-state index in [2.05, 4.69) is 20.3 Å². The summed E-state index contributed by atoms with van der Waals surface area (Å²) in [7, 11) is -6.22. The number of phosphoric ester groups is 2. The molecule has 0 aromatic carbocycles. The van der Waals surface area contributed by atoms with Crippen LogP contribution in [0.1, 0.15) is 83.1 Å². The number of nitrogens with zero attached hydrogens (tertiary/aromatic N) is 4. The molecule has 2 aromatic heterocycles. The van der Waals surface area contributed by atoms with Gasteiger partial charge in [0.1, 0.15) is 0 Å². The highest BCUT2D eigenvalue weighted by molar-refractivity contribution is 7.48. The van der Waals surface area contributed by atoms with Crippen molar-refractivity contribution in [3.63, 3.8) is 0 Å². The third-order valence-electron chi connectivity index (χ3n) is 5.98. The van der Waals surface area contributed by atoms with Gasteiger partial charge in [0.2, 0.25) is 5.28 Å². The van der Waals surface area contributed by atoms with E-state index in [1.165, 1.54) is 0 Å². The Hall–Kier alpha value is -1.14. The molecule has 0 unspecified atom stereocenters. The molecule has 0 radical (unpaired) electrons. The lowest BCUT2D eigenvalue weighted by molar-refractivity contribution is -0.00368. The van der Waals surface area contributed by atoms with E-state index in [4.69, 9.17) is 38.7 Å². The number of rotatable bonds is 13. The van der Waals surface area contributed by atoms with Crippen molar-refractivity contribution < 1.29 is 36.3 Å². The number of anilines is 1. The largest absolute Gasteiger partial charge is 0.475 e. The van der Waals surface area contributed by atoms with E-state index in [0.29, 0.717) is 23.5 Å². The van der Waals surface area contributed by atoms with Crippen LogP contribution >= 0.6 is 27.2 Å². The number of hydrogen-bond acceptors (Lipinski definition) is 12. The third kappa shape index (κ3) is 11.3. The smallest absolute Gasteiger partial charge is 0.371 e. The first-order valence-electron chi connectivity index (χ1n) is 14.7. The summed E-state index contributed by atoms with van der Waals surface area (Å²) >= 11 is 6.19. The van der Waals surface area contributed by atoms with Crippen LogP contribution in [-0.4, -0.2) is 62.2 Å². The van der Waals surface area contributed by atoms with Crippen molar-refractivity contribution in [2.45, 2.75) is 112 Å². The second-order valence-corrected chi connectivity index (χ2v) is 18.3. The Morgan fingerprint density at radius 1 is 0.750 bits per heavy atom. The van der Waals surface area contributed by atoms with Crippen LogP contribution in [0.5, 0.6) is 0 Å². The number of halogens is 1. The van der Waals surface area contributed by atoms with E-state index in [-0.39, 0.29) is 36.3 Å². The first-order valence-corrected chi connectivity index (χ1v) is 18.0. The molecular weight excluding hydrogens is 632 g/mol. The number of fused-ring (bicyclic) bond motifs is 1. The summed E-state index contributed by atoms with van der Waals surface area (Å²) in [5, 5.41) is 3.07. The second-order valence-electron chi connectivity index (χ2n) is 15.0. The highest BCUT2D eigenvalue weighted by atomic mass is 35.5. The van der Waals surface area contributed by atoms with Crippen molar-refractivity contribution in [2.24, 2.45) is 17.8 Å². The van der Waals surface area contributed by atoms with Crippen LogP contribution in [0.15, 0.2) is 6.33 Å². The molecule has 2 heterocycles. The topological polar surface area (TPSA) is 145 Å². The van der Waals surface area contributed by atoms with Crippen LogP contribution in [0.25, 0.3) is 11.2 Å². The van der Waals surface area contributed by atoms with E-state index in [1.807, 2.05) is 4.57 Å². The van der Waals surface area contributed by atoms with E-state index in [1.54, 1.807) is 96.5 Å². The Kier molecular flexibility index (Phi) is 11.2. The molecule has 1 aliphatic rings. The maximum Gasteiger partial charge on any atom is 0.475 e. The van der Waals surface area contributed by atoms with Gasteiger partial charge in [-0.15, -0.1) is 0 Å². The minimum absolute atomic E-state index is 0.0385. The Morgan fingerprint density at radius 3 is 1.52 bits per heavy atom. The summed E-state index contributed by atoms with van der Waals surface area (Å²) in [4.78, 5) is 13.1. The number of imidazole rings is 1. The van der Waals surface area contributed by atoms with E-state index in [0.717, 1.165) is 0 Å². The molecule has 0 bridgehead atoms. The van der Waals surface area contributed by atoms with Gasteiger partial charge in [-0.25, -0.2) is 14.1 Å². The van der Waals surface area contributed by atoms with Crippen LogP contribution in [0.2, 0.25) is 5.28 Å². The van der Waals surface area contributed by atoms with Gasteiger partial charge < -0.3 is 9.88 Å². The average Bonchev–Trinajstić information content (AvgIpc) is 3.28. The van der Waals surface area contributed by atoms with Gasteiger partial charge in [0, 0.05) is 13.6 Å². The summed E-state index contributed by atoms with van der Waals surface area (Å²) in [5.41, 5.74) is -2.02. The van der Waals surface area contributed by atoms with Crippen LogP contribution in [0.4, 0.5) is 5.82 Å². The van der Waals surface area contributed by atoms with Gasteiger partial charge in [0.15, 0.2) is 17.0 Å². The first-order chi connectivity index (χ1) is 19.8. The van der Waals surface area contributed by atoms with Gasteiger partial charge in [-0.05, 0) is 112 Å². The van der Waals surface area contributed by atoms with E-state index in [9.17, 15) is 9.13 Å². The molecule has 2 atom stereocenters. The Morgan fingerprint density at radius 2 is 1.16 bits per heavy atom. The van der Waals surface area contributed by atoms with Crippen LogP contribution in [-0.2, 0) is 42.8 Å². The third-order valence-corrected chi connectivity index (χ3v) is 10.2. The van der Waals surface area contributed by atoms with Crippen molar-refractivity contribution in [1.82, 2.24) is 19.5 Å². The summed E-state index contributed by atoms with van der Waals surface area (Å²) in [6, 6.07) is 0. The zero-order chi connectivity index (χ0) is 33.5. The molecule has 1 N–H and O–H groups in total. The highest BCUT2D eigenvalue weighted by Crippen LogP contribution is 2.61. The fraction of sp³-hybridized carbons (Fsp3) is 0.821. The molecule has 0 amide bonds.